The van der Waals surface area contributed by atoms with Crippen molar-refractivity contribution >= 4 is 17.1 Å². The fourth-order valence-electron chi connectivity index (χ4n) is 3.27. The number of nitrogens with zero attached hydrogens (tertiary/aromatic N) is 4. The Morgan fingerprint density at radius 1 is 1.14 bits per heavy atom. The fraction of sp³-hybridized carbons (Fsp3) is 0.316. The molecule has 3 heterocycles. The SMILES string of the molecule is O=C(c1cnc2c(c1)ncn2-c1cccc(OC(F)(F)F)c1)N1CCC(F)CC1. The van der Waals surface area contributed by atoms with Gasteiger partial charge in [-0.3, -0.25) is 9.36 Å². The molecule has 10 heteroatoms. The monoisotopic (exact) mass is 408 g/mol. The molecule has 1 fully saturated rings. The van der Waals surface area contributed by atoms with Gasteiger partial charge in [-0.25, -0.2) is 14.4 Å². The Hall–Kier alpha value is -3.17. The van der Waals surface area contributed by atoms with E-state index in [0.29, 0.717) is 48.3 Å². The minimum absolute atomic E-state index is 0.249. The number of hydrogen-bond donors (Lipinski definition) is 0. The van der Waals surface area contributed by atoms with Crippen LogP contribution in [-0.4, -0.2) is 51.0 Å². The summed E-state index contributed by atoms with van der Waals surface area (Å²) in [4.78, 5) is 22.7. The Bertz CT molecular complexity index is 1040. The Morgan fingerprint density at radius 2 is 1.90 bits per heavy atom. The number of pyridine rings is 1. The zero-order valence-corrected chi connectivity index (χ0v) is 15.1. The lowest BCUT2D eigenvalue weighted by molar-refractivity contribution is -0.274. The molecule has 1 aliphatic heterocycles. The fourth-order valence-corrected chi connectivity index (χ4v) is 3.27. The summed E-state index contributed by atoms with van der Waals surface area (Å²) in [6.45, 7) is 0.691. The minimum Gasteiger partial charge on any atom is -0.406 e. The zero-order valence-electron chi connectivity index (χ0n) is 15.1. The average Bonchev–Trinajstić information content (AvgIpc) is 3.10. The van der Waals surface area contributed by atoms with Gasteiger partial charge in [-0.2, -0.15) is 0 Å². The highest BCUT2D eigenvalue weighted by molar-refractivity contribution is 5.96. The summed E-state index contributed by atoms with van der Waals surface area (Å²) in [5, 5.41) is 0. The highest BCUT2D eigenvalue weighted by Gasteiger charge is 2.31. The molecule has 0 saturated carbocycles. The van der Waals surface area contributed by atoms with Crippen LogP contribution in [0.5, 0.6) is 5.75 Å². The van der Waals surface area contributed by atoms with Crippen LogP contribution in [-0.2, 0) is 0 Å². The van der Waals surface area contributed by atoms with Gasteiger partial charge >= 0.3 is 6.36 Å². The first-order chi connectivity index (χ1) is 13.8. The Morgan fingerprint density at radius 3 is 2.62 bits per heavy atom. The number of amides is 1. The highest BCUT2D eigenvalue weighted by atomic mass is 19.4. The number of aromatic nitrogens is 3. The molecule has 0 spiro atoms. The van der Waals surface area contributed by atoms with Crippen LogP contribution in [0, 0.1) is 0 Å². The van der Waals surface area contributed by atoms with Crippen LogP contribution in [0.25, 0.3) is 16.9 Å². The molecule has 0 N–H and O–H groups in total. The van der Waals surface area contributed by atoms with Gasteiger partial charge in [0, 0.05) is 25.4 Å². The molecule has 0 unspecified atom stereocenters. The Balaban J connectivity index is 1.61. The topological polar surface area (TPSA) is 60.3 Å². The summed E-state index contributed by atoms with van der Waals surface area (Å²) in [6, 6.07) is 7.00. The van der Waals surface area contributed by atoms with Crippen LogP contribution in [0.15, 0.2) is 42.9 Å². The van der Waals surface area contributed by atoms with Crippen molar-refractivity contribution in [2.45, 2.75) is 25.4 Å². The first-order valence-electron chi connectivity index (χ1n) is 8.93. The number of rotatable bonds is 3. The molecule has 1 aromatic carbocycles. The van der Waals surface area contributed by atoms with Crippen LogP contribution in [0.3, 0.4) is 0 Å². The first kappa shape index (κ1) is 19.2. The van der Waals surface area contributed by atoms with Gasteiger partial charge in [-0.15, -0.1) is 13.2 Å². The third-order valence-electron chi connectivity index (χ3n) is 4.68. The third-order valence-corrected chi connectivity index (χ3v) is 4.68. The van der Waals surface area contributed by atoms with E-state index in [9.17, 15) is 22.4 Å². The van der Waals surface area contributed by atoms with Gasteiger partial charge in [-0.1, -0.05) is 6.07 Å². The molecule has 0 aliphatic carbocycles. The van der Waals surface area contributed by atoms with Crippen LogP contribution in [0.2, 0.25) is 0 Å². The van der Waals surface area contributed by atoms with E-state index in [1.807, 2.05) is 0 Å². The molecule has 3 aromatic rings. The second-order valence-electron chi connectivity index (χ2n) is 6.69. The van der Waals surface area contributed by atoms with Crippen molar-refractivity contribution in [3.63, 3.8) is 0 Å². The van der Waals surface area contributed by atoms with E-state index < -0.39 is 12.5 Å². The average molecular weight is 408 g/mol. The molecule has 0 bridgehead atoms. The van der Waals surface area contributed by atoms with Crippen molar-refractivity contribution in [1.29, 1.82) is 0 Å². The van der Waals surface area contributed by atoms with E-state index in [1.165, 1.54) is 35.3 Å². The van der Waals surface area contributed by atoms with E-state index in [0.717, 1.165) is 0 Å². The Kier molecular flexibility index (Phi) is 4.85. The number of piperidine rings is 1. The molecule has 29 heavy (non-hydrogen) atoms. The number of hydrogen-bond acceptors (Lipinski definition) is 4. The van der Waals surface area contributed by atoms with Crippen LogP contribution in [0.1, 0.15) is 23.2 Å². The number of carbonyl (C=O) groups is 1. The Labute approximate surface area is 162 Å². The first-order valence-corrected chi connectivity index (χ1v) is 8.93. The minimum atomic E-state index is -4.79. The molecule has 1 aliphatic rings. The molecule has 0 radical (unpaired) electrons. The number of carbonyl (C=O) groups excluding carboxylic acids is 1. The van der Waals surface area contributed by atoms with Crippen molar-refractivity contribution in [3.05, 3.63) is 48.4 Å². The molecular weight excluding hydrogens is 392 g/mol. The van der Waals surface area contributed by atoms with E-state index in [1.54, 1.807) is 17.0 Å². The standard InChI is InChI=1S/C19H16F4N4O2/c20-13-4-6-26(7-5-13)18(28)12-8-16-17(24-10-12)27(11-25-16)14-2-1-3-15(9-14)29-19(21,22)23/h1-3,8-11,13H,4-7H2. The van der Waals surface area contributed by atoms with E-state index in [2.05, 4.69) is 14.7 Å². The summed E-state index contributed by atoms with van der Waals surface area (Å²) in [7, 11) is 0. The number of halogens is 4. The maximum Gasteiger partial charge on any atom is 0.573 e. The number of ether oxygens (including phenoxy) is 1. The summed E-state index contributed by atoms with van der Waals surface area (Å²) < 4.78 is 56.1. The molecular formula is C19H16F4N4O2. The van der Waals surface area contributed by atoms with Gasteiger partial charge in [0.15, 0.2) is 5.65 Å². The zero-order chi connectivity index (χ0) is 20.6. The molecule has 4 rings (SSSR count). The summed E-state index contributed by atoms with van der Waals surface area (Å²) in [5.74, 6) is -0.610. The number of alkyl halides is 4. The lowest BCUT2D eigenvalue weighted by atomic mass is 10.1. The third kappa shape index (κ3) is 4.15. The lowest BCUT2D eigenvalue weighted by Gasteiger charge is -2.28. The maximum absolute atomic E-state index is 13.3. The second-order valence-corrected chi connectivity index (χ2v) is 6.69. The maximum atomic E-state index is 13.3. The van der Waals surface area contributed by atoms with Crippen molar-refractivity contribution in [3.8, 4) is 11.4 Å². The molecule has 1 saturated heterocycles. The van der Waals surface area contributed by atoms with E-state index >= 15 is 0 Å². The molecule has 1 amide bonds. The summed E-state index contributed by atoms with van der Waals surface area (Å²) >= 11 is 0. The van der Waals surface area contributed by atoms with Gasteiger partial charge in [0.2, 0.25) is 0 Å². The number of benzene rings is 1. The van der Waals surface area contributed by atoms with Gasteiger partial charge in [0.05, 0.1) is 11.3 Å². The van der Waals surface area contributed by atoms with E-state index in [-0.39, 0.29) is 11.7 Å². The van der Waals surface area contributed by atoms with Gasteiger partial charge in [-0.05, 0) is 31.0 Å². The second kappa shape index (κ2) is 7.34. The quantitative estimate of drug-likeness (QED) is 0.617. The van der Waals surface area contributed by atoms with Crippen molar-refractivity contribution in [1.82, 2.24) is 19.4 Å². The highest BCUT2D eigenvalue weighted by Crippen LogP contribution is 2.26. The molecule has 2 aromatic heterocycles. The van der Waals surface area contributed by atoms with Crippen molar-refractivity contribution in [2.75, 3.05) is 13.1 Å². The largest absolute Gasteiger partial charge is 0.573 e. The van der Waals surface area contributed by atoms with E-state index in [4.69, 9.17) is 0 Å². The molecule has 152 valence electrons. The van der Waals surface area contributed by atoms with Crippen molar-refractivity contribution < 1.29 is 27.1 Å². The number of likely N-dealkylation sites (tertiary alicyclic amines) is 1. The smallest absolute Gasteiger partial charge is 0.406 e. The van der Waals surface area contributed by atoms with Crippen LogP contribution >= 0.6 is 0 Å². The molecule has 6 nitrogen and oxygen atoms in total. The number of imidazole rings is 1. The van der Waals surface area contributed by atoms with Gasteiger partial charge < -0.3 is 9.64 Å². The summed E-state index contributed by atoms with van der Waals surface area (Å²) in [6.07, 6.45) is -2.25. The number of fused-ring (bicyclic) bond motifs is 1. The predicted molar refractivity (Wildman–Crippen MR) is 95.6 cm³/mol. The van der Waals surface area contributed by atoms with Crippen LogP contribution in [0.4, 0.5) is 17.6 Å². The summed E-state index contributed by atoms with van der Waals surface area (Å²) in [5.41, 5.74) is 1.51. The lowest BCUT2D eigenvalue weighted by Crippen LogP contribution is -2.39. The van der Waals surface area contributed by atoms with Crippen molar-refractivity contribution in [2.24, 2.45) is 0 Å². The molecule has 0 atom stereocenters. The van der Waals surface area contributed by atoms with Crippen LogP contribution < -0.4 is 4.74 Å². The normalized spacial score (nSPS) is 15.7. The van der Waals surface area contributed by atoms with Gasteiger partial charge in [0.25, 0.3) is 5.91 Å². The van der Waals surface area contributed by atoms with Gasteiger partial charge in [0.1, 0.15) is 23.8 Å². The predicted octanol–water partition coefficient (Wildman–Crippen LogP) is 3.89.